The maximum absolute atomic E-state index is 12.6. The molecule has 0 spiro atoms. The second-order valence-electron chi connectivity index (χ2n) is 3.69. The van der Waals surface area contributed by atoms with Gasteiger partial charge in [0.2, 0.25) is 11.8 Å². The second kappa shape index (κ2) is 7.11. The highest BCUT2D eigenvalue weighted by atomic mass is 35.5. The Morgan fingerprint density at radius 2 is 1.80 bits per heavy atom. The van der Waals surface area contributed by atoms with Crippen molar-refractivity contribution in [3.63, 3.8) is 0 Å². The van der Waals surface area contributed by atoms with Crippen LogP contribution in [0.15, 0.2) is 18.2 Å². The van der Waals surface area contributed by atoms with Gasteiger partial charge in [0.05, 0.1) is 23.5 Å². The summed E-state index contributed by atoms with van der Waals surface area (Å²) in [4.78, 5) is 22.1. The summed E-state index contributed by atoms with van der Waals surface area (Å²) in [7, 11) is 0. The molecule has 0 aliphatic rings. The minimum atomic E-state index is -4.54. The lowest BCUT2D eigenvalue weighted by atomic mass is 10.1. The third-order valence-electron chi connectivity index (χ3n) is 2.12. The molecule has 0 fully saturated rings. The number of rotatable bonds is 3. The molecule has 2 amide bonds. The number of carbonyl (C=O) groups excluding carboxylic acids is 2. The van der Waals surface area contributed by atoms with Crippen LogP contribution in [0.2, 0.25) is 0 Å². The number of benzene rings is 1. The second-order valence-corrected chi connectivity index (χ2v) is 3.69. The average molecular weight is 312 g/mol. The van der Waals surface area contributed by atoms with Crippen LogP contribution in [0.3, 0.4) is 0 Å². The molecule has 1 rings (SSSR count). The van der Waals surface area contributed by atoms with Crippen LogP contribution in [0.4, 0.5) is 24.5 Å². The quantitative estimate of drug-likeness (QED) is 0.798. The van der Waals surface area contributed by atoms with E-state index in [-0.39, 0.29) is 30.3 Å². The van der Waals surface area contributed by atoms with Crippen LogP contribution in [-0.2, 0) is 15.8 Å². The first-order valence-corrected chi connectivity index (χ1v) is 5.23. The van der Waals surface area contributed by atoms with Gasteiger partial charge in [0, 0.05) is 6.92 Å². The largest absolute Gasteiger partial charge is 0.416 e. The Labute approximate surface area is 119 Å². The van der Waals surface area contributed by atoms with E-state index in [1.54, 1.807) is 0 Å². The molecule has 0 bridgehead atoms. The van der Waals surface area contributed by atoms with E-state index in [1.807, 2.05) is 0 Å². The summed E-state index contributed by atoms with van der Waals surface area (Å²) in [5.41, 5.74) is 4.06. The topological polar surface area (TPSA) is 84.2 Å². The Morgan fingerprint density at radius 3 is 2.25 bits per heavy atom. The number of nitrogens with two attached hydrogens (primary N) is 1. The van der Waals surface area contributed by atoms with Gasteiger partial charge in [-0.05, 0) is 18.2 Å². The standard InChI is InChI=1S/C11H12F3N3O2.ClH/c1-6(18)16-8-3-2-7(11(12,13)14)4-9(8)17-10(19)5-15;/h2-4H,5,15H2,1H3,(H,16,18)(H,17,19);1H. The highest BCUT2D eigenvalue weighted by Gasteiger charge is 2.31. The molecule has 0 atom stereocenters. The van der Waals surface area contributed by atoms with E-state index in [0.29, 0.717) is 0 Å². The monoisotopic (exact) mass is 311 g/mol. The zero-order valence-corrected chi connectivity index (χ0v) is 11.2. The molecule has 0 aliphatic carbocycles. The number of halogens is 4. The van der Waals surface area contributed by atoms with Gasteiger partial charge in [-0.3, -0.25) is 9.59 Å². The fourth-order valence-electron chi connectivity index (χ4n) is 1.32. The molecule has 0 heterocycles. The lowest BCUT2D eigenvalue weighted by Gasteiger charge is -2.14. The van der Waals surface area contributed by atoms with Crippen molar-refractivity contribution >= 4 is 35.6 Å². The number of alkyl halides is 3. The first kappa shape index (κ1) is 18.2. The van der Waals surface area contributed by atoms with E-state index in [4.69, 9.17) is 5.73 Å². The van der Waals surface area contributed by atoms with E-state index in [2.05, 4.69) is 10.6 Å². The molecule has 0 saturated heterocycles. The smallest absolute Gasteiger partial charge is 0.325 e. The molecule has 0 aromatic heterocycles. The summed E-state index contributed by atoms with van der Waals surface area (Å²) >= 11 is 0. The first-order chi connectivity index (χ1) is 8.74. The normalized spacial score (nSPS) is 10.4. The van der Waals surface area contributed by atoms with Crippen molar-refractivity contribution in [2.24, 2.45) is 5.73 Å². The van der Waals surface area contributed by atoms with Gasteiger partial charge in [0.25, 0.3) is 0 Å². The number of amides is 2. The maximum Gasteiger partial charge on any atom is 0.416 e. The number of carbonyl (C=O) groups is 2. The van der Waals surface area contributed by atoms with Gasteiger partial charge in [-0.2, -0.15) is 13.2 Å². The van der Waals surface area contributed by atoms with Crippen molar-refractivity contribution in [1.82, 2.24) is 0 Å². The molecule has 0 saturated carbocycles. The summed E-state index contributed by atoms with van der Waals surface area (Å²) in [6.07, 6.45) is -4.54. The predicted octanol–water partition coefficient (Wildman–Crippen LogP) is 1.98. The van der Waals surface area contributed by atoms with Crippen LogP contribution in [-0.4, -0.2) is 18.4 Å². The number of anilines is 2. The van der Waals surface area contributed by atoms with Crippen LogP contribution < -0.4 is 16.4 Å². The Kier molecular flexibility index (Phi) is 6.47. The Balaban J connectivity index is 0.00000361. The lowest BCUT2D eigenvalue weighted by Crippen LogP contribution is -2.23. The number of hydrogen-bond donors (Lipinski definition) is 3. The SMILES string of the molecule is CC(=O)Nc1ccc(C(F)(F)F)cc1NC(=O)CN.Cl. The van der Waals surface area contributed by atoms with E-state index < -0.39 is 23.6 Å². The van der Waals surface area contributed by atoms with E-state index >= 15 is 0 Å². The third-order valence-corrected chi connectivity index (χ3v) is 2.12. The molecule has 1 aromatic carbocycles. The third kappa shape index (κ3) is 5.06. The maximum atomic E-state index is 12.6. The minimum Gasteiger partial charge on any atom is -0.325 e. The number of hydrogen-bond acceptors (Lipinski definition) is 3. The summed E-state index contributed by atoms with van der Waals surface area (Å²) in [5, 5.41) is 4.52. The molecule has 0 radical (unpaired) electrons. The Bertz CT molecular complexity index is 506. The molecular weight excluding hydrogens is 299 g/mol. The summed E-state index contributed by atoms with van der Waals surface area (Å²) in [5.74, 6) is -1.13. The zero-order chi connectivity index (χ0) is 14.6. The zero-order valence-electron chi connectivity index (χ0n) is 10.4. The molecule has 0 aliphatic heterocycles. The summed E-state index contributed by atoms with van der Waals surface area (Å²) in [6.45, 7) is 0.821. The highest BCUT2D eigenvalue weighted by Crippen LogP contribution is 2.34. The Morgan fingerprint density at radius 1 is 1.20 bits per heavy atom. The average Bonchev–Trinajstić information content (AvgIpc) is 2.29. The predicted molar refractivity (Wildman–Crippen MR) is 70.7 cm³/mol. The van der Waals surface area contributed by atoms with Gasteiger partial charge in [0.15, 0.2) is 0 Å². The summed E-state index contributed by atoms with van der Waals surface area (Å²) in [6, 6.07) is 2.61. The molecule has 0 unspecified atom stereocenters. The van der Waals surface area contributed by atoms with Crippen LogP contribution in [0.1, 0.15) is 12.5 Å². The van der Waals surface area contributed by atoms with Crippen molar-refractivity contribution in [3.8, 4) is 0 Å². The molecule has 20 heavy (non-hydrogen) atoms. The lowest BCUT2D eigenvalue weighted by molar-refractivity contribution is -0.137. The van der Waals surface area contributed by atoms with Crippen molar-refractivity contribution in [1.29, 1.82) is 0 Å². The highest BCUT2D eigenvalue weighted by molar-refractivity contribution is 5.99. The van der Waals surface area contributed by atoms with Crippen molar-refractivity contribution in [2.75, 3.05) is 17.2 Å². The van der Waals surface area contributed by atoms with Crippen LogP contribution >= 0.6 is 12.4 Å². The summed E-state index contributed by atoms with van der Waals surface area (Å²) < 4.78 is 37.7. The fourth-order valence-corrected chi connectivity index (χ4v) is 1.32. The van der Waals surface area contributed by atoms with Crippen LogP contribution in [0, 0.1) is 0 Å². The van der Waals surface area contributed by atoms with Crippen LogP contribution in [0.25, 0.3) is 0 Å². The van der Waals surface area contributed by atoms with Gasteiger partial charge in [-0.25, -0.2) is 0 Å². The van der Waals surface area contributed by atoms with Crippen molar-refractivity contribution < 1.29 is 22.8 Å². The molecule has 112 valence electrons. The van der Waals surface area contributed by atoms with Crippen molar-refractivity contribution in [3.05, 3.63) is 23.8 Å². The van der Waals surface area contributed by atoms with Gasteiger partial charge < -0.3 is 16.4 Å². The van der Waals surface area contributed by atoms with Crippen molar-refractivity contribution in [2.45, 2.75) is 13.1 Å². The number of nitrogens with one attached hydrogen (secondary N) is 2. The molecule has 4 N–H and O–H groups in total. The van der Waals surface area contributed by atoms with E-state index in [1.165, 1.54) is 6.92 Å². The molecular formula is C11H13ClF3N3O2. The minimum absolute atomic E-state index is 0. The van der Waals surface area contributed by atoms with Gasteiger partial charge in [-0.15, -0.1) is 12.4 Å². The molecule has 1 aromatic rings. The van der Waals surface area contributed by atoms with Gasteiger partial charge in [0.1, 0.15) is 0 Å². The first-order valence-electron chi connectivity index (χ1n) is 5.23. The molecule has 5 nitrogen and oxygen atoms in total. The van der Waals surface area contributed by atoms with Gasteiger partial charge >= 0.3 is 6.18 Å². The molecule has 9 heteroatoms. The van der Waals surface area contributed by atoms with Gasteiger partial charge in [-0.1, -0.05) is 0 Å². The fraction of sp³-hybridized carbons (Fsp3) is 0.273. The van der Waals surface area contributed by atoms with E-state index in [9.17, 15) is 22.8 Å². The van der Waals surface area contributed by atoms with E-state index in [0.717, 1.165) is 18.2 Å². The van der Waals surface area contributed by atoms with Crippen LogP contribution in [0.5, 0.6) is 0 Å². The Hall–Kier alpha value is -1.80.